The second kappa shape index (κ2) is 9.74. The van der Waals surface area contributed by atoms with Gasteiger partial charge in [0.05, 0.1) is 11.5 Å². The summed E-state index contributed by atoms with van der Waals surface area (Å²) in [6.45, 7) is 2.02. The van der Waals surface area contributed by atoms with E-state index in [0.29, 0.717) is 29.4 Å². The number of benzene rings is 2. The summed E-state index contributed by atoms with van der Waals surface area (Å²) in [6.07, 6.45) is 3.35. The van der Waals surface area contributed by atoms with Crippen molar-refractivity contribution in [3.8, 4) is 11.4 Å². The van der Waals surface area contributed by atoms with Gasteiger partial charge >= 0.3 is 0 Å². The van der Waals surface area contributed by atoms with Crippen LogP contribution in [0.25, 0.3) is 11.8 Å². The summed E-state index contributed by atoms with van der Waals surface area (Å²) in [7, 11) is 0. The number of rotatable bonds is 7. The Labute approximate surface area is 193 Å². The summed E-state index contributed by atoms with van der Waals surface area (Å²) in [5.41, 5.74) is 1.88. The molecule has 1 N–H and O–H groups in total. The minimum Gasteiger partial charge on any atom is -0.494 e. The maximum absolute atomic E-state index is 13.2. The van der Waals surface area contributed by atoms with Gasteiger partial charge in [-0.2, -0.15) is 0 Å². The van der Waals surface area contributed by atoms with E-state index in [1.165, 1.54) is 12.1 Å². The van der Waals surface area contributed by atoms with E-state index >= 15 is 0 Å². The minimum absolute atomic E-state index is 0.205. The molecule has 1 saturated heterocycles. The maximum Gasteiger partial charge on any atom is 0.294 e. The number of hydrogen-bond donors (Lipinski definition) is 1. The topological polar surface area (TPSA) is 80.6 Å². The fourth-order valence-electron chi connectivity index (χ4n) is 3.26. The first-order valence-electron chi connectivity index (χ1n) is 10.2. The van der Waals surface area contributed by atoms with E-state index in [-0.39, 0.29) is 10.7 Å². The van der Waals surface area contributed by atoms with Gasteiger partial charge in [-0.05, 0) is 85.4 Å². The fourth-order valence-corrected chi connectivity index (χ4v) is 4.09. The van der Waals surface area contributed by atoms with Crippen molar-refractivity contribution in [3.05, 3.63) is 83.3 Å². The molecule has 0 atom stereocenters. The number of anilines is 1. The highest BCUT2D eigenvalue weighted by Crippen LogP contribution is 2.32. The third-order valence-corrected chi connectivity index (χ3v) is 5.70. The van der Waals surface area contributed by atoms with Gasteiger partial charge in [-0.1, -0.05) is 0 Å². The zero-order chi connectivity index (χ0) is 23.4. The Balaban J connectivity index is 1.45. The Bertz CT molecular complexity index is 1220. The van der Waals surface area contributed by atoms with Crippen molar-refractivity contribution in [1.82, 2.24) is 9.47 Å². The molecular weight excluding hydrogens is 445 g/mol. The molecule has 0 saturated carbocycles. The van der Waals surface area contributed by atoms with Crippen molar-refractivity contribution in [2.75, 3.05) is 18.5 Å². The molecule has 0 aliphatic carbocycles. The third kappa shape index (κ3) is 5.15. The number of carbonyl (C=O) groups excluding carboxylic acids is 3. The van der Waals surface area contributed by atoms with Crippen LogP contribution in [-0.2, 0) is 9.59 Å². The maximum atomic E-state index is 13.2. The zero-order valence-corrected chi connectivity index (χ0v) is 18.5. The molecule has 0 bridgehead atoms. The summed E-state index contributed by atoms with van der Waals surface area (Å²) >= 11 is 0.771. The molecule has 2 heterocycles. The normalized spacial score (nSPS) is 14.7. The van der Waals surface area contributed by atoms with Crippen molar-refractivity contribution < 1.29 is 23.5 Å². The monoisotopic (exact) mass is 465 g/mol. The number of thioether (sulfide) groups is 1. The van der Waals surface area contributed by atoms with Gasteiger partial charge in [0.25, 0.3) is 11.1 Å². The summed E-state index contributed by atoms with van der Waals surface area (Å²) in [4.78, 5) is 38.7. The van der Waals surface area contributed by atoms with Gasteiger partial charge in [0.2, 0.25) is 5.91 Å². The predicted octanol–water partition coefficient (Wildman–Crippen LogP) is 4.69. The van der Waals surface area contributed by atoms with Crippen LogP contribution in [0, 0.1) is 5.82 Å². The largest absolute Gasteiger partial charge is 0.494 e. The lowest BCUT2D eigenvalue weighted by Gasteiger charge is -2.13. The van der Waals surface area contributed by atoms with Crippen LogP contribution >= 0.6 is 11.8 Å². The van der Waals surface area contributed by atoms with E-state index in [1.807, 2.05) is 6.92 Å². The van der Waals surface area contributed by atoms with Crippen LogP contribution in [0.5, 0.6) is 5.75 Å². The number of ether oxygens (including phenoxy) is 1. The molecule has 33 heavy (non-hydrogen) atoms. The van der Waals surface area contributed by atoms with Gasteiger partial charge in [0, 0.05) is 23.3 Å². The summed E-state index contributed by atoms with van der Waals surface area (Å²) in [5.74, 6) is -0.704. The van der Waals surface area contributed by atoms with Crippen LogP contribution in [0.2, 0.25) is 0 Å². The number of nitrogens with one attached hydrogen (secondary N) is 1. The predicted molar refractivity (Wildman–Crippen MR) is 125 cm³/mol. The van der Waals surface area contributed by atoms with Crippen LogP contribution in [-0.4, -0.2) is 39.7 Å². The summed E-state index contributed by atoms with van der Waals surface area (Å²) in [5, 5.41) is 2.15. The van der Waals surface area contributed by atoms with Crippen molar-refractivity contribution in [2.24, 2.45) is 0 Å². The number of imide groups is 1. The van der Waals surface area contributed by atoms with E-state index in [1.54, 1.807) is 65.4 Å². The van der Waals surface area contributed by atoms with Gasteiger partial charge in [-0.25, -0.2) is 4.39 Å². The molecule has 9 heteroatoms. The average molecular weight is 466 g/mol. The van der Waals surface area contributed by atoms with Gasteiger partial charge < -0.3 is 14.6 Å². The quantitative estimate of drug-likeness (QED) is 0.512. The molecular formula is C24H20FN3O4S. The van der Waals surface area contributed by atoms with Crippen LogP contribution in [0.1, 0.15) is 12.6 Å². The molecule has 0 radical (unpaired) electrons. The van der Waals surface area contributed by atoms with Gasteiger partial charge in [0.1, 0.15) is 18.1 Å². The van der Waals surface area contributed by atoms with Gasteiger partial charge in [0.15, 0.2) is 0 Å². The number of amides is 3. The molecule has 1 aromatic heterocycles. The molecule has 7 nitrogen and oxygen atoms in total. The number of nitrogens with zero attached hydrogens (tertiary/aromatic N) is 2. The van der Waals surface area contributed by atoms with Crippen molar-refractivity contribution in [3.63, 3.8) is 0 Å². The SMILES string of the molecule is CCOc1ccc(NC(=O)CN2C(=O)S/C(=C/c3cccn3-c3ccc(F)cc3)C2=O)cc1. The lowest BCUT2D eigenvalue weighted by atomic mass is 10.3. The highest BCUT2D eigenvalue weighted by atomic mass is 32.2. The Morgan fingerprint density at radius 2 is 1.82 bits per heavy atom. The molecule has 1 aliphatic heterocycles. The lowest BCUT2D eigenvalue weighted by molar-refractivity contribution is -0.127. The molecule has 3 aromatic rings. The number of aromatic nitrogens is 1. The van der Waals surface area contributed by atoms with E-state index in [2.05, 4.69) is 5.32 Å². The van der Waals surface area contributed by atoms with Crippen LogP contribution in [0.4, 0.5) is 14.9 Å². The highest BCUT2D eigenvalue weighted by molar-refractivity contribution is 8.18. The standard InChI is InChI=1S/C24H20FN3O4S/c1-2-32-20-11-7-17(8-12-20)26-22(29)15-28-23(30)21(33-24(28)31)14-19-4-3-13-27(19)18-9-5-16(25)6-10-18/h3-14H,2,15H2,1H3,(H,26,29)/b21-14+. The average Bonchev–Trinajstić information content (AvgIpc) is 3.36. The fraction of sp³-hybridized carbons (Fsp3) is 0.125. The van der Waals surface area contributed by atoms with Crippen molar-refractivity contribution >= 4 is 40.6 Å². The van der Waals surface area contributed by atoms with E-state index in [9.17, 15) is 18.8 Å². The van der Waals surface area contributed by atoms with Gasteiger partial charge in [-0.15, -0.1) is 0 Å². The summed E-state index contributed by atoms with van der Waals surface area (Å²) in [6, 6.07) is 16.3. The first-order chi connectivity index (χ1) is 15.9. The van der Waals surface area contributed by atoms with Crippen LogP contribution in [0.15, 0.2) is 71.8 Å². The highest BCUT2D eigenvalue weighted by Gasteiger charge is 2.36. The molecule has 1 fully saturated rings. The van der Waals surface area contributed by atoms with E-state index < -0.39 is 23.6 Å². The van der Waals surface area contributed by atoms with Crippen molar-refractivity contribution in [2.45, 2.75) is 6.92 Å². The lowest BCUT2D eigenvalue weighted by Crippen LogP contribution is -2.36. The number of halogens is 1. The molecule has 1 aliphatic rings. The molecule has 3 amide bonds. The van der Waals surface area contributed by atoms with E-state index in [0.717, 1.165) is 16.7 Å². The first kappa shape index (κ1) is 22.3. The molecule has 2 aromatic carbocycles. The second-order valence-corrected chi connectivity index (χ2v) is 8.05. The minimum atomic E-state index is -0.543. The van der Waals surface area contributed by atoms with E-state index in [4.69, 9.17) is 4.74 Å². The Morgan fingerprint density at radius 1 is 1.09 bits per heavy atom. The van der Waals surface area contributed by atoms with Crippen LogP contribution in [0.3, 0.4) is 0 Å². The molecule has 4 rings (SSSR count). The number of hydrogen-bond acceptors (Lipinski definition) is 5. The molecule has 0 unspecified atom stereocenters. The zero-order valence-electron chi connectivity index (χ0n) is 17.7. The molecule has 168 valence electrons. The van der Waals surface area contributed by atoms with Crippen LogP contribution < -0.4 is 10.1 Å². The van der Waals surface area contributed by atoms with Gasteiger partial charge in [-0.3, -0.25) is 19.3 Å². The number of carbonyl (C=O) groups is 3. The smallest absolute Gasteiger partial charge is 0.294 e. The summed E-state index contributed by atoms with van der Waals surface area (Å²) < 4.78 is 20.4. The molecule has 0 spiro atoms. The third-order valence-electron chi connectivity index (χ3n) is 4.79. The Hall–Kier alpha value is -3.85. The van der Waals surface area contributed by atoms with Crippen molar-refractivity contribution in [1.29, 1.82) is 0 Å². The Kier molecular flexibility index (Phi) is 6.60. The first-order valence-corrected chi connectivity index (χ1v) is 11.0. The Morgan fingerprint density at radius 3 is 2.52 bits per heavy atom. The second-order valence-electron chi connectivity index (χ2n) is 7.05.